The van der Waals surface area contributed by atoms with Crippen LogP contribution in [0.1, 0.15) is 60.5 Å². The number of anilines is 1. The molecule has 0 saturated heterocycles. The van der Waals surface area contributed by atoms with Crippen LogP contribution >= 0.6 is 0 Å². The summed E-state index contributed by atoms with van der Waals surface area (Å²) in [6.45, 7) is 7.90. The molecule has 2 aromatic carbocycles. The summed E-state index contributed by atoms with van der Waals surface area (Å²) in [6.07, 6.45) is 4.87. The highest BCUT2D eigenvalue weighted by molar-refractivity contribution is 5.96. The Morgan fingerprint density at radius 2 is 1.67 bits per heavy atom. The Kier molecular flexibility index (Phi) is 7.27. The molecule has 5 nitrogen and oxygen atoms in total. The van der Waals surface area contributed by atoms with Crippen LogP contribution in [0.15, 0.2) is 36.4 Å². The molecular weight excluding hydrogens is 374 g/mol. The molecule has 0 fully saturated rings. The van der Waals surface area contributed by atoms with Gasteiger partial charge in [-0.15, -0.1) is 0 Å². The normalized spacial score (nSPS) is 15.1. The number of carbonyl (C=O) groups is 2. The zero-order valence-corrected chi connectivity index (χ0v) is 18.5. The highest BCUT2D eigenvalue weighted by Crippen LogP contribution is 2.24. The molecule has 2 amide bonds. The van der Waals surface area contributed by atoms with Gasteiger partial charge in [-0.1, -0.05) is 30.3 Å². The number of carbonyl (C=O) groups excluding carboxylic acids is 2. The lowest BCUT2D eigenvalue weighted by Gasteiger charge is -2.20. The van der Waals surface area contributed by atoms with Crippen molar-refractivity contribution >= 4 is 17.5 Å². The number of quaternary nitrogens is 1. The third-order valence-corrected chi connectivity index (χ3v) is 6.06. The van der Waals surface area contributed by atoms with E-state index in [0.717, 1.165) is 23.2 Å². The van der Waals surface area contributed by atoms with Crippen LogP contribution in [-0.2, 0) is 22.4 Å². The first kappa shape index (κ1) is 22.0. The minimum absolute atomic E-state index is 0.0297. The number of nitrogens with one attached hydrogen (secondary N) is 2. The van der Waals surface area contributed by atoms with Gasteiger partial charge in [0, 0.05) is 11.3 Å². The number of para-hydroxylation sites is 1. The van der Waals surface area contributed by atoms with E-state index in [0.29, 0.717) is 0 Å². The maximum Gasteiger partial charge on any atom is 0.278 e. The van der Waals surface area contributed by atoms with E-state index in [9.17, 15) is 9.59 Å². The second-order valence-corrected chi connectivity index (χ2v) is 8.54. The van der Waals surface area contributed by atoms with Gasteiger partial charge in [0.2, 0.25) is 5.91 Å². The average molecular weight is 409 g/mol. The Labute approximate surface area is 179 Å². The molecule has 0 unspecified atom stereocenters. The summed E-state index contributed by atoms with van der Waals surface area (Å²) in [5.41, 5.74) is 7.02. The van der Waals surface area contributed by atoms with Gasteiger partial charge in [0.15, 0.2) is 6.04 Å². The van der Waals surface area contributed by atoms with Crippen molar-refractivity contribution in [1.82, 2.24) is 5.32 Å². The largest absolute Gasteiger partial charge is 0.342 e. The van der Waals surface area contributed by atoms with Crippen LogP contribution in [0, 0.1) is 13.8 Å². The lowest BCUT2D eigenvalue weighted by Crippen LogP contribution is -2.92. The molecule has 2 atom stereocenters. The number of aryl methyl sites for hydroxylation is 4. The second-order valence-electron chi connectivity index (χ2n) is 8.54. The summed E-state index contributed by atoms with van der Waals surface area (Å²) in [5, 5.41) is 7.73. The third kappa shape index (κ3) is 5.48. The van der Waals surface area contributed by atoms with Crippen LogP contribution in [0.4, 0.5) is 5.69 Å². The smallest absolute Gasteiger partial charge is 0.278 e. The number of fused-ring (bicyclic) bond motifs is 1. The summed E-state index contributed by atoms with van der Waals surface area (Å²) in [7, 11) is 0. The summed E-state index contributed by atoms with van der Waals surface area (Å²) >= 11 is 0. The van der Waals surface area contributed by atoms with Crippen LogP contribution in [0.3, 0.4) is 0 Å². The van der Waals surface area contributed by atoms with Gasteiger partial charge in [0.1, 0.15) is 6.04 Å². The van der Waals surface area contributed by atoms with Gasteiger partial charge in [0.05, 0.1) is 6.54 Å². The van der Waals surface area contributed by atoms with E-state index in [1.54, 1.807) is 0 Å². The van der Waals surface area contributed by atoms with Crippen molar-refractivity contribution in [3.05, 3.63) is 64.2 Å². The highest BCUT2D eigenvalue weighted by Gasteiger charge is 2.22. The Hall–Kier alpha value is -2.66. The molecular formula is C25H34N3O2+. The first-order valence-corrected chi connectivity index (χ1v) is 11.0. The topological polar surface area (TPSA) is 74.8 Å². The van der Waals surface area contributed by atoms with E-state index < -0.39 is 0 Å². The Morgan fingerprint density at radius 3 is 2.37 bits per heavy atom. The third-order valence-electron chi connectivity index (χ3n) is 6.06. The molecule has 3 rings (SSSR count). The van der Waals surface area contributed by atoms with Crippen molar-refractivity contribution < 1.29 is 14.9 Å². The van der Waals surface area contributed by atoms with Gasteiger partial charge in [-0.3, -0.25) is 9.59 Å². The first-order valence-electron chi connectivity index (χ1n) is 11.0. The van der Waals surface area contributed by atoms with Gasteiger partial charge in [-0.25, -0.2) is 0 Å². The first-order chi connectivity index (χ1) is 14.3. The molecule has 0 saturated carbocycles. The van der Waals surface area contributed by atoms with Crippen molar-refractivity contribution in [3.8, 4) is 0 Å². The maximum absolute atomic E-state index is 12.5. The predicted molar refractivity (Wildman–Crippen MR) is 120 cm³/mol. The molecule has 4 N–H and O–H groups in total. The number of nitrogens with two attached hydrogens (primary N) is 1. The number of hydrogen-bond donors (Lipinski definition) is 3. The lowest BCUT2D eigenvalue weighted by molar-refractivity contribution is -0.710. The molecule has 0 bridgehead atoms. The van der Waals surface area contributed by atoms with E-state index in [1.807, 2.05) is 39.0 Å². The van der Waals surface area contributed by atoms with Gasteiger partial charge in [-0.05, 0) is 81.7 Å². The lowest BCUT2D eigenvalue weighted by atomic mass is 9.89. The Morgan fingerprint density at radius 1 is 1.00 bits per heavy atom. The molecule has 2 aromatic rings. The molecule has 160 valence electrons. The van der Waals surface area contributed by atoms with Crippen molar-refractivity contribution in [1.29, 1.82) is 0 Å². The standard InChI is InChI=1S/C25H33N3O2/c1-16-8-7-9-17(2)24(16)28-23(29)15-26-25(30)19(4)27-18(3)21-13-12-20-10-5-6-11-22(20)14-21/h7-9,12-14,18-19,27H,5-6,10-11,15H2,1-4H3,(H,26,30)(H,28,29)/p+1/t18-,19+/m1/s1. The van der Waals surface area contributed by atoms with Crippen molar-refractivity contribution in [3.63, 3.8) is 0 Å². The molecule has 0 aliphatic heterocycles. The van der Waals surface area contributed by atoms with Crippen LogP contribution < -0.4 is 16.0 Å². The monoisotopic (exact) mass is 408 g/mol. The van der Waals surface area contributed by atoms with E-state index in [1.165, 1.54) is 36.0 Å². The molecule has 0 aromatic heterocycles. The number of amides is 2. The summed E-state index contributed by atoms with van der Waals surface area (Å²) in [4.78, 5) is 24.8. The molecule has 1 aliphatic rings. The minimum Gasteiger partial charge on any atom is -0.342 e. The molecule has 1 aliphatic carbocycles. The molecule has 0 radical (unpaired) electrons. The Balaban J connectivity index is 1.50. The van der Waals surface area contributed by atoms with Crippen LogP contribution in [0.25, 0.3) is 0 Å². The number of hydrogen-bond acceptors (Lipinski definition) is 2. The second kappa shape index (κ2) is 9.90. The molecule has 30 heavy (non-hydrogen) atoms. The average Bonchev–Trinajstić information content (AvgIpc) is 2.74. The predicted octanol–water partition coefficient (Wildman–Crippen LogP) is 2.95. The van der Waals surface area contributed by atoms with E-state index >= 15 is 0 Å². The summed E-state index contributed by atoms with van der Waals surface area (Å²) in [5.74, 6) is -0.341. The van der Waals surface area contributed by atoms with Crippen LogP contribution in [0.2, 0.25) is 0 Å². The highest BCUT2D eigenvalue weighted by atomic mass is 16.2. The van der Waals surface area contributed by atoms with Crippen molar-refractivity contribution in [2.45, 2.75) is 65.5 Å². The molecule has 0 heterocycles. The maximum atomic E-state index is 12.5. The quantitative estimate of drug-likeness (QED) is 0.659. The summed E-state index contributed by atoms with van der Waals surface area (Å²) in [6, 6.07) is 12.5. The summed E-state index contributed by atoms with van der Waals surface area (Å²) < 4.78 is 0. The fraction of sp³-hybridized carbons (Fsp3) is 0.440. The van der Waals surface area contributed by atoms with Crippen LogP contribution in [-0.4, -0.2) is 24.4 Å². The van der Waals surface area contributed by atoms with E-state index in [4.69, 9.17) is 0 Å². The van der Waals surface area contributed by atoms with E-state index in [-0.39, 0.29) is 30.4 Å². The number of benzene rings is 2. The number of rotatable bonds is 7. The van der Waals surface area contributed by atoms with Gasteiger partial charge >= 0.3 is 0 Å². The van der Waals surface area contributed by atoms with Gasteiger partial charge in [0.25, 0.3) is 5.91 Å². The van der Waals surface area contributed by atoms with E-state index in [2.05, 4.69) is 41.1 Å². The van der Waals surface area contributed by atoms with Crippen LogP contribution in [0.5, 0.6) is 0 Å². The van der Waals surface area contributed by atoms with Crippen molar-refractivity contribution in [2.75, 3.05) is 11.9 Å². The fourth-order valence-corrected chi connectivity index (χ4v) is 4.19. The Bertz CT molecular complexity index is 902. The SMILES string of the molecule is Cc1cccc(C)c1NC(=O)CNC(=O)[C@H](C)[NH2+][C@H](C)c1ccc2c(c1)CCCC2. The molecule has 0 spiro atoms. The van der Waals surface area contributed by atoms with Crippen molar-refractivity contribution in [2.24, 2.45) is 0 Å². The minimum atomic E-state index is -0.274. The van der Waals surface area contributed by atoms with Gasteiger partial charge in [-0.2, -0.15) is 0 Å². The zero-order chi connectivity index (χ0) is 21.7. The fourth-order valence-electron chi connectivity index (χ4n) is 4.19. The molecule has 5 heteroatoms. The van der Waals surface area contributed by atoms with Gasteiger partial charge < -0.3 is 16.0 Å². The zero-order valence-electron chi connectivity index (χ0n) is 18.5.